The first-order valence-corrected chi connectivity index (χ1v) is 6.65. The van der Waals surface area contributed by atoms with E-state index in [1.165, 1.54) is 0 Å². The summed E-state index contributed by atoms with van der Waals surface area (Å²) in [6.07, 6.45) is 0. The van der Waals surface area contributed by atoms with Crippen molar-refractivity contribution in [3.05, 3.63) is 23.2 Å². The Labute approximate surface area is 112 Å². The van der Waals surface area contributed by atoms with Gasteiger partial charge in [0.1, 0.15) is 0 Å². The third kappa shape index (κ3) is 1.76. The van der Waals surface area contributed by atoms with Gasteiger partial charge in [0.05, 0.1) is 24.0 Å². The molecule has 1 saturated heterocycles. The molecule has 1 N–H and O–H groups in total. The third-order valence-corrected chi connectivity index (χ3v) is 3.88. The molecule has 2 heterocycles. The quantitative estimate of drug-likeness (QED) is 0.836. The van der Waals surface area contributed by atoms with Gasteiger partial charge in [-0.3, -0.25) is 4.79 Å². The van der Waals surface area contributed by atoms with Gasteiger partial charge in [0.15, 0.2) is 0 Å². The van der Waals surface area contributed by atoms with Gasteiger partial charge in [0.2, 0.25) is 5.91 Å². The molecule has 0 radical (unpaired) electrons. The standard InChI is InChI=1S/C13H16ClN3O/c1-2-16-8-10-6-15-7-13(18)17(10)11-4-3-9(14)5-12(11)16/h3-5,10,15H,2,6-8H2,1H3. The number of benzene rings is 1. The van der Waals surface area contributed by atoms with Crippen molar-refractivity contribution in [2.24, 2.45) is 0 Å². The SMILES string of the molecule is CCN1CC2CNCC(=O)N2c2ccc(Cl)cc21. The zero-order valence-electron chi connectivity index (χ0n) is 10.3. The van der Waals surface area contributed by atoms with E-state index in [1.54, 1.807) is 0 Å². The maximum Gasteiger partial charge on any atom is 0.241 e. The second-order valence-corrected chi connectivity index (χ2v) is 5.16. The fourth-order valence-corrected chi connectivity index (χ4v) is 2.98. The minimum absolute atomic E-state index is 0.144. The first kappa shape index (κ1) is 11.8. The number of hydrogen-bond acceptors (Lipinski definition) is 3. The van der Waals surface area contributed by atoms with Crippen LogP contribution >= 0.6 is 11.6 Å². The number of likely N-dealkylation sites (N-methyl/N-ethyl adjacent to an activating group) is 1. The van der Waals surface area contributed by atoms with Crippen LogP contribution in [0.5, 0.6) is 0 Å². The van der Waals surface area contributed by atoms with E-state index in [2.05, 4.69) is 17.1 Å². The lowest BCUT2D eigenvalue weighted by Crippen LogP contribution is -2.61. The van der Waals surface area contributed by atoms with Crippen LogP contribution in [0.25, 0.3) is 0 Å². The van der Waals surface area contributed by atoms with Crippen molar-refractivity contribution < 1.29 is 4.79 Å². The lowest BCUT2D eigenvalue weighted by Gasteiger charge is -2.45. The van der Waals surface area contributed by atoms with E-state index in [4.69, 9.17) is 11.6 Å². The molecule has 18 heavy (non-hydrogen) atoms. The molecule has 1 amide bonds. The van der Waals surface area contributed by atoms with Crippen LogP contribution < -0.4 is 15.1 Å². The number of rotatable bonds is 1. The van der Waals surface area contributed by atoms with Crippen LogP contribution in [0.15, 0.2) is 18.2 Å². The fraction of sp³-hybridized carbons (Fsp3) is 0.462. The van der Waals surface area contributed by atoms with Crippen molar-refractivity contribution in [1.82, 2.24) is 5.32 Å². The molecule has 2 aliphatic rings. The van der Waals surface area contributed by atoms with Gasteiger partial charge in [-0.2, -0.15) is 0 Å². The van der Waals surface area contributed by atoms with Gasteiger partial charge in [-0.05, 0) is 25.1 Å². The van der Waals surface area contributed by atoms with Gasteiger partial charge >= 0.3 is 0 Å². The number of amides is 1. The average Bonchev–Trinajstić information content (AvgIpc) is 2.37. The highest BCUT2D eigenvalue weighted by Gasteiger charge is 2.36. The number of halogens is 1. The van der Waals surface area contributed by atoms with E-state index < -0.39 is 0 Å². The lowest BCUT2D eigenvalue weighted by molar-refractivity contribution is -0.119. The van der Waals surface area contributed by atoms with E-state index in [-0.39, 0.29) is 11.9 Å². The first-order valence-electron chi connectivity index (χ1n) is 6.28. The molecule has 0 saturated carbocycles. The first-order chi connectivity index (χ1) is 8.70. The van der Waals surface area contributed by atoms with Crippen molar-refractivity contribution in [2.75, 3.05) is 36.0 Å². The van der Waals surface area contributed by atoms with Crippen LogP contribution in [0.2, 0.25) is 5.02 Å². The number of carbonyl (C=O) groups excluding carboxylic acids is 1. The van der Waals surface area contributed by atoms with Crippen LogP contribution in [0, 0.1) is 0 Å². The smallest absolute Gasteiger partial charge is 0.241 e. The summed E-state index contributed by atoms with van der Waals surface area (Å²) in [4.78, 5) is 16.3. The van der Waals surface area contributed by atoms with E-state index in [0.29, 0.717) is 11.6 Å². The Morgan fingerprint density at radius 1 is 1.44 bits per heavy atom. The van der Waals surface area contributed by atoms with E-state index in [9.17, 15) is 4.79 Å². The lowest BCUT2D eigenvalue weighted by atomic mass is 10.0. The third-order valence-electron chi connectivity index (χ3n) is 3.64. The Morgan fingerprint density at radius 2 is 2.28 bits per heavy atom. The minimum atomic E-state index is 0.144. The van der Waals surface area contributed by atoms with Gasteiger partial charge in [0, 0.05) is 24.7 Å². The highest BCUT2D eigenvalue weighted by molar-refractivity contribution is 6.31. The minimum Gasteiger partial charge on any atom is -0.368 e. The van der Waals surface area contributed by atoms with E-state index in [0.717, 1.165) is 31.0 Å². The number of fused-ring (bicyclic) bond motifs is 3. The Kier molecular flexibility index (Phi) is 2.92. The molecule has 1 atom stereocenters. The normalized spacial score (nSPS) is 22.8. The predicted molar refractivity (Wildman–Crippen MR) is 73.5 cm³/mol. The largest absolute Gasteiger partial charge is 0.368 e. The van der Waals surface area contributed by atoms with Crippen molar-refractivity contribution in [2.45, 2.75) is 13.0 Å². The maximum absolute atomic E-state index is 12.1. The molecule has 2 aliphatic heterocycles. The molecule has 1 aromatic rings. The highest BCUT2D eigenvalue weighted by Crippen LogP contribution is 2.37. The number of hydrogen-bond donors (Lipinski definition) is 1. The number of piperazine rings is 1. The van der Waals surface area contributed by atoms with Crippen molar-refractivity contribution in [3.8, 4) is 0 Å². The molecular weight excluding hydrogens is 250 g/mol. The summed E-state index contributed by atoms with van der Waals surface area (Å²) in [5.41, 5.74) is 2.06. The van der Waals surface area contributed by atoms with Crippen LogP contribution in [0.4, 0.5) is 11.4 Å². The topological polar surface area (TPSA) is 35.6 Å². The molecule has 0 spiro atoms. The molecular formula is C13H16ClN3O. The summed E-state index contributed by atoms with van der Waals surface area (Å²) in [5.74, 6) is 0.144. The van der Waals surface area contributed by atoms with Crippen LogP contribution in [0.1, 0.15) is 6.92 Å². The van der Waals surface area contributed by atoms with Gasteiger partial charge in [-0.25, -0.2) is 0 Å². The summed E-state index contributed by atoms with van der Waals surface area (Å²) in [7, 11) is 0. The summed E-state index contributed by atoms with van der Waals surface area (Å²) in [6, 6.07) is 5.98. The second kappa shape index (κ2) is 4.44. The van der Waals surface area contributed by atoms with Crippen molar-refractivity contribution in [3.63, 3.8) is 0 Å². The monoisotopic (exact) mass is 265 g/mol. The zero-order valence-corrected chi connectivity index (χ0v) is 11.1. The maximum atomic E-state index is 12.1. The number of nitrogens with one attached hydrogen (secondary N) is 1. The van der Waals surface area contributed by atoms with Crippen molar-refractivity contribution in [1.29, 1.82) is 0 Å². The van der Waals surface area contributed by atoms with E-state index >= 15 is 0 Å². The Bertz CT molecular complexity index is 491. The molecule has 96 valence electrons. The molecule has 1 unspecified atom stereocenters. The number of nitrogens with zero attached hydrogens (tertiary/aromatic N) is 2. The molecule has 1 aromatic carbocycles. The highest BCUT2D eigenvalue weighted by atomic mass is 35.5. The van der Waals surface area contributed by atoms with Gasteiger partial charge < -0.3 is 15.1 Å². The summed E-state index contributed by atoms with van der Waals surface area (Å²) >= 11 is 6.07. The fourth-order valence-electron chi connectivity index (χ4n) is 2.81. The molecule has 1 fully saturated rings. The zero-order chi connectivity index (χ0) is 12.7. The Morgan fingerprint density at radius 3 is 3.06 bits per heavy atom. The van der Waals surface area contributed by atoms with Gasteiger partial charge in [-0.1, -0.05) is 11.6 Å². The Balaban J connectivity index is 2.09. The van der Waals surface area contributed by atoms with Crippen molar-refractivity contribution >= 4 is 28.9 Å². The van der Waals surface area contributed by atoms with Crippen LogP contribution in [0.3, 0.4) is 0 Å². The second-order valence-electron chi connectivity index (χ2n) is 4.72. The van der Waals surface area contributed by atoms with E-state index in [1.807, 2.05) is 23.1 Å². The molecule has 4 nitrogen and oxygen atoms in total. The van der Waals surface area contributed by atoms with Gasteiger partial charge in [-0.15, -0.1) is 0 Å². The number of anilines is 2. The van der Waals surface area contributed by atoms with Crippen LogP contribution in [-0.2, 0) is 4.79 Å². The summed E-state index contributed by atoms with van der Waals surface area (Å²) in [6.45, 7) is 5.18. The molecule has 0 aromatic heterocycles. The summed E-state index contributed by atoms with van der Waals surface area (Å²) < 4.78 is 0. The molecule has 0 aliphatic carbocycles. The molecule has 0 bridgehead atoms. The predicted octanol–water partition coefficient (Wildman–Crippen LogP) is 1.48. The number of carbonyl (C=O) groups is 1. The molecule has 3 rings (SSSR count). The van der Waals surface area contributed by atoms with Gasteiger partial charge in [0.25, 0.3) is 0 Å². The van der Waals surface area contributed by atoms with Crippen LogP contribution in [-0.4, -0.2) is 38.1 Å². The summed E-state index contributed by atoms with van der Waals surface area (Å²) in [5, 5.41) is 3.89. The Hall–Kier alpha value is -1.26. The molecule has 5 heteroatoms. The average molecular weight is 266 g/mol.